The highest BCUT2D eigenvalue weighted by molar-refractivity contribution is 6.01. The predicted molar refractivity (Wildman–Crippen MR) is 102 cm³/mol. The smallest absolute Gasteiger partial charge is 0.326 e. The van der Waals surface area contributed by atoms with Gasteiger partial charge >= 0.3 is 6.03 Å². The van der Waals surface area contributed by atoms with Crippen LogP contribution >= 0.6 is 0 Å². The molecule has 1 unspecified atom stereocenters. The molecule has 2 aromatic rings. The summed E-state index contributed by atoms with van der Waals surface area (Å²) in [6.07, 6.45) is 0. The molecule has 0 fully saturated rings. The summed E-state index contributed by atoms with van der Waals surface area (Å²) in [5.41, 5.74) is 3.83. The lowest BCUT2D eigenvalue weighted by Gasteiger charge is -2.14. The molecule has 0 aliphatic rings. The number of likely N-dealkylation sites (N-methyl/N-ethyl adjacent to an activating group) is 1. The van der Waals surface area contributed by atoms with Crippen molar-refractivity contribution in [3.8, 4) is 5.75 Å². The molecule has 1 atom stereocenters. The normalized spacial score (nSPS) is 11.5. The Morgan fingerprint density at radius 2 is 1.88 bits per heavy atom. The first-order valence-corrected chi connectivity index (χ1v) is 8.49. The standard InChI is InChI=1S/C20H25N3O3/c1-14-8-9-18(15(2)10-14)21-20(25)22-19(24)13-23(3)12-16-6-5-7-17(11-16)26-4/h5-11H,12-13H2,1-4H3,(H2,21,22,24,25)/p+1. The van der Waals surface area contributed by atoms with Crippen LogP contribution in [0.5, 0.6) is 5.75 Å². The summed E-state index contributed by atoms with van der Waals surface area (Å²) in [5.74, 6) is 0.459. The monoisotopic (exact) mass is 356 g/mol. The number of anilines is 1. The Bertz CT molecular complexity index is 790. The third-order valence-electron chi connectivity index (χ3n) is 3.99. The average Bonchev–Trinajstić information content (AvgIpc) is 2.57. The quantitative estimate of drug-likeness (QED) is 0.737. The lowest BCUT2D eigenvalue weighted by Crippen LogP contribution is -3.09. The van der Waals surface area contributed by atoms with Crippen molar-refractivity contribution < 1.29 is 19.2 Å². The Kier molecular flexibility index (Phi) is 6.74. The molecule has 0 aromatic heterocycles. The second-order valence-corrected chi connectivity index (χ2v) is 6.48. The Morgan fingerprint density at radius 3 is 2.58 bits per heavy atom. The third-order valence-corrected chi connectivity index (χ3v) is 3.99. The van der Waals surface area contributed by atoms with E-state index in [2.05, 4.69) is 10.6 Å². The van der Waals surface area contributed by atoms with Crippen molar-refractivity contribution in [1.82, 2.24) is 5.32 Å². The van der Waals surface area contributed by atoms with Gasteiger partial charge in [-0.2, -0.15) is 0 Å². The molecule has 0 saturated carbocycles. The molecular formula is C20H26N3O3+. The van der Waals surface area contributed by atoms with E-state index in [0.29, 0.717) is 12.2 Å². The van der Waals surface area contributed by atoms with E-state index < -0.39 is 6.03 Å². The molecule has 3 amide bonds. The first-order chi connectivity index (χ1) is 12.4. The number of nitrogens with one attached hydrogen (secondary N) is 3. The Morgan fingerprint density at radius 1 is 1.12 bits per heavy atom. The first kappa shape index (κ1) is 19.5. The number of benzene rings is 2. The number of imide groups is 1. The van der Waals surface area contributed by atoms with E-state index in [1.165, 1.54) is 0 Å². The highest BCUT2D eigenvalue weighted by atomic mass is 16.5. The summed E-state index contributed by atoms with van der Waals surface area (Å²) in [6, 6.07) is 12.9. The number of ether oxygens (including phenoxy) is 1. The molecule has 0 aliphatic carbocycles. The zero-order chi connectivity index (χ0) is 19.1. The molecule has 3 N–H and O–H groups in total. The van der Waals surface area contributed by atoms with E-state index in [1.54, 1.807) is 7.11 Å². The van der Waals surface area contributed by atoms with Gasteiger partial charge in [-0.15, -0.1) is 0 Å². The minimum atomic E-state index is -0.517. The maximum atomic E-state index is 12.1. The zero-order valence-corrected chi connectivity index (χ0v) is 15.7. The molecule has 2 rings (SSSR count). The van der Waals surface area contributed by atoms with Crippen LogP contribution in [0.4, 0.5) is 10.5 Å². The van der Waals surface area contributed by atoms with Crippen LogP contribution in [0.3, 0.4) is 0 Å². The van der Waals surface area contributed by atoms with Gasteiger partial charge in [0.15, 0.2) is 6.54 Å². The van der Waals surface area contributed by atoms with Crippen molar-refractivity contribution in [2.45, 2.75) is 20.4 Å². The number of hydrogen-bond acceptors (Lipinski definition) is 3. The maximum absolute atomic E-state index is 12.1. The van der Waals surface area contributed by atoms with Gasteiger partial charge in [-0.3, -0.25) is 10.1 Å². The summed E-state index contributed by atoms with van der Waals surface area (Å²) in [5, 5.41) is 5.08. The topological polar surface area (TPSA) is 71.9 Å². The summed E-state index contributed by atoms with van der Waals surface area (Å²) in [7, 11) is 3.53. The molecule has 0 radical (unpaired) electrons. The number of carbonyl (C=O) groups is 2. The molecule has 26 heavy (non-hydrogen) atoms. The number of urea groups is 1. The van der Waals surface area contributed by atoms with Gasteiger partial charge in [0.25, 0.3) is 5.91 Å². The minimum absolute atomic E-state index is 0.192. The van der Waals surface area contributed by atoms with Crippen molar-refractivity contribution in [3.63, 3.8) is 0 Å². The lowest BCUT2D eigenvalue weighted by atomic mass is 10.1. The Labute approximate surface area is 154 Å². The highest BCUT2D eigenvalue weighted by Crippen LogP contribution is 2.15. The lowest BCUT2D eigenvalue weighted by molar-refractivity contribution is -0.885. The molecule has 6 nitrogen and oxygen atoms in total. The molecule has 0 heterocycles. The molecule has 138 valence electrons. The van der Waals surface area contributed by atoms with E-state index in [1.807, 2.05) is 63.4 Å². The molecule has 0 spiro atoms. The minimum Gasteiger partial charge on any atom is -0.497 e. The van der Waals surface area contributed by atoms with Crippen molar-refractivity contribution in [3.05, 3.63) is 59.2 Å². The fourth-order valence-electron chi connectivity index (χ4n) is 2.75. The summed E-state index contributed by atoms with van der Waals surface area (Å²) in [6.45, 7) is 4.75. The van der Waals surface area contributed by atoms with Crippen LogP contribution in [0, 0.1) is 13.8 Å². The van der Waals surface area contributed by atoms with Gasteiger partial charge in [-0.25, -0.2) is 4.79 Å². The number of rotatable bonds is 6. The van der Waals surface area contributed by atoms with E-state index in [4.69, 9.17) is 4.74 Å². The van der Waals surface area contributed by atoms with Gasteiger partial charge in [0.1, 0.15) is 12.3 Å². The molecule has 0 bridgehead atoms. The van der Waals surface area contributed by atoms with Crippen LogP contribution in [-0.2, 0) is 11.3 Å². The van der Waals surface area contributed by atoms with Gasteiger partial charge in [-0.05, 0) is 37.6 Å². The first-order valence-electron chi connectivity index (χ1n) is 8.49. The van der Waals surface area contributed by atoms with Crippen molar-refractivity contribution >= 4 is 17.6 Å². The van der Waals surface area contributed by atoms with Crippen molar-refractivity contribution in [1.29, 1.82) is 0 Å². The Balaban J connectivity index is 1.84. The molecule has 6 heteroatoms. The van der Waals surface area contributed by atoms with Crippen LogP contribution < -0.4 is 20.3 Å². The SMILES string of the molecule is COc1cccc(C[NH+](C)CC(=O)NC(=O)Nc2ccc(C)cc2C)c1. The third kappa shape index (κ3) is 5.89. The van der Waals surface area contributed by atoms with Crippen LogP contribution in [0.2, 0.25) is 0 Å². The van der Waals surface area contributed by atoms with E-state index in [9.17, 15) is 9.59 Å². The van der Waals surface area contributed by atoms with Crippen molar-refractivity contribution in [2.75, 3.05) is 26.0 Å². The summed E-state index contributed by atoms with van der Waals surface area (Å²) in [4.78, 5) is 25.1. The second-order valence-electron chi connectivity index (χ2n) is 6.48. The van der Waals surface area contributed by atoms with Gasteiger partial charge in [0.05, 0.1) is 14.2 Å². The zero-order valence-electron chi connectivity index (χ0n) is 15.7. The van der Waals surface area contributed by atoms with Crippen LogP contribution in [0.1, 0.15) is 16.7 Å². The maximum Gasteiger partial charge on any atom is 0.326 e. The number of carbonyl (C=O) groups excluding carboxylic acids is 2. The van der Waals surface area contributed by atoms with E-state index >= 15 is 0 Å². The highest BCUT2D eigenvalue weighted by Gasteiger charge is 2.14. The molecule has 0 aliphatic heterocycles. The largest absolute Gasteiger partial charge is 0.497 e. The summed E-state index contributed by atoms with van der Waals surface area (Å²) < 4.78 is 5.20. The van der Waals surface area contributed by atoms with Crippen LogP contribution in [-0.4, -0.2) is 32.6 Å². The van der Waals surface area contributed by atoms with Gasteiger partial charge in [0, 0.05) is 11.3 Å². The van der Waals surface area contributed by atoms with E-state index in [0.717, 1.165) is 27.3 Å². The van der Waals surface area contributed by atoms with Gasteiger partial charge < -0.3 is 15.0 Å². The molecule has 0 saturated heterocycles. The number of methoxy groups -OCH3 is 1. The number of aryl methyl sites for hydroxylation is 2. The summed E-state index contributed by atoms with van der Waals surface area (Å²) >= 11 is 0. The van der Waals surface area contributed by atoms with Crippen LogP contribution in [0.15, 0.2) is 42.5 Å². The number of amides is 3. The number of quaternary nitrogens is 1. The molecular weight excluding hydrogens is 330 g/mol. The van der Waals surface area contributed by atoms with Crippen molar-refractivity contribution in [2.24, 2.45) is 0 Å². The average molecular weight is 356 g/mol. The van der Waals surface area contributed by atoms with Gasteiger partial charge in [0.2, 0.25) is 0 Å². The fourth-order valence-corrected chi connectivity index (χ4v) is 2.75. The van der Waals surface area contributed by atoms with E-state index in [-0.39, 0.29) is 12.5 Å². The molecule has 2 aromatic carbocycles. The van der Waals surface area contributed by atoms with Crippen LogP contribution in [0.25, 0.3) is 0 Å². The Hall–Kier alpha value is -2.86. The van der Waals surface area contributed by atoms with Gasteiger partial charge in [-0.1, -0.05) is 29.8 Å². The fraction of sp³-hybridized carbons (Fsp3) is 0.300. The number of hydrogen-bond donors (Lipinski definition) is 3. The predicted octanol–water partition coefficient (Wildman–Crippen LogP) is 1.68. The second kappa shape index (κ2) is 9.01.